The Morgan fingerprint density at radius 3 is 2.64 bits per heavy atom. The van der Waals surface area contributed by atoms with Crippen molar-refractivity contribution < 1.29 is 13.2 Å². The highest BCUT2D eigenvalue weighted by Crippen LogP contribution is 2.26. The Bertz CT molecular complexity index is 907. The van der Waals surface area contributed by atoms with Gasteiger partial charge in [-0.1, -0.05) is 24.3 Å². The van der Waals surface area contributed by atoms with Crippen LogP contribution in [0.2, 0.25) is 0 Å². The molecule has 0 fully saturated rings. The molecule has 2 N–H and O–H groups in total. The van der Waals surface area contributed by atoms with E-state index in [2.05, 4.69) is 10.0 Å². The molecule has 3 rings (SSSR count). The molecule has 1 aliphatic heterocycles. The number of carbonyl (C=O) groups excluding carboxylic acids is 1. The zero-order valence-corrected chi connectivity index (χ0v) is 15.2. The van der Waals surface area contributed by atoms with Gasteiger partial charge in [0.1, 0.15) is 0 Å². The first-order valence-corrected chi connectivity index (χ1v) is 9.86. The van der Waals surface area contributed by atoms with Crippen molar-refractivity contribution in [3.63, 3.8) is 0 Å². The van der Waals surface area contributed by atoms with Crippen LogP contribution in [0, 0.1) is 6.92 Å². The maximum atomic E-state index is 12.8. The zero-order chi connectivity index (χ0) is 18.0. The number of benzene rings is 2. The summed E-state index contributed by atoms with van der Waals surface area (Å²) in [4.78, 5) is 11.8. The molecular formula is C19H22N2O3S. The van der Waals surface area contributed by atoms with Crippen LogP contribution in [0.3, 0.4) is 0 Å². The number of nitrogens with one attached hydrogen (secondary N) is 2. The van der Waals surface area contributed by atoms with Gasteiger partial charge >= 0.3 is 0 Å². The molecule has 1 amide bonds. The van der Waals surface area contributed by atoms with E-state index in [4.69, 9.17) is 0 Å². The van der Waals surface area contributed by atoms with E-state index in [1.54, 1.807) is 12.1 Å². The topological polar surface area (TPSA) is 75.3 Å². The number of anilines is 1. The first kappa shape index (κ1) is 17.6. The number of carbonyl (C=O) groups is 1. The molecule has 0 saturated carbocycles. The second-order valence-electron chi connectivity index (χ2n) is 6.42. The van der Waals surface area contributed by atoms with Crippen LogP contribution < -0.4 is 10.0 Å². The van der Waals surface area contributed by atoms with Gasteiger partial charge in [0.25, 0.3) is 0 Å². The molecule has 0 aliphatic carbocycles. The summed E-state index contributed by atoms with van der Waals surface area (Å²) in [5.74, 6) is -0.0272. The molecule has 132 valence electrons. The number of hydrogen-bond donors (Lipinski definition) is 2. The van der Waals surface area contributed by atoms with Gasteiger partial charge in [-0.2, -0.15) is 0 Å². The largest absolute Gasteiger partial charge is 0.326 e. The van der Waals surface area contributed by atoms with Gasteiger partial charge in [0, 0.05) is 18.2 Å². The molecular weight excluding hydrogens is 336 g/mol. The summed E-state index contributed by atoms with van der Waals surface area (Å²) >= 11 is 0. The van der Waals surface area contributed by atoms with Crippen molar-refractivity contribution in [2.24, 2.45) is 0 Å². The van der Waals surface area contributed by atoms with Gasteiger partial charge in [0.2, 0.25) is 15.9 Å². The van der Waals surface area contributed by atoms with Crippen LogP contribution in [0.4, 0.5) is 5.69 Å². The first-order chi connectivity index (χ1) is 11.9. The van der Waals surface area contributed by atoms with Crippen LogP contribution in [-0.4, -0.2) is 14.3 Å². The van der Waals surface area contributed by atoms with E-state index in [1.807, 2.05) is 38.1 Å². The minimum Gasteiger partial charge on any atom is -0.326 e. The van der Waals surface area contributed by atoms with Crippen molar-refractivity contribution in [1.29, 1.82) is 0 Å². The molecule has 2 aromatic rings. The number of rotatable bonds is 4. The fourth-order valence-electron chi connectivity index (χ4n) is 3.16. The minimum atomic E-state index is -3.65. The zero-order valence-electron chi connectivity index (χ0n) is 14.4. The molecule has 1 heterocycles. The second-order valence-corrected chi connectivity index (χ2v) is 8.13. The standard InChI is InChI=1S/C19H22N2O3S/c1-13-6-3-4-8-17(13)14(2)21-25(23,24)16-10-11-18-15(12-16)7-5-9-19(22)20-18/h3-4,6,8,10-12,14,21H,5,7,9H2,1-2H3,(H,20,22)/t14-/m0/s1. The van der Waals surface area contributed by atoms with Crippen molar-refractivity contribution in [2.75, 3.05) is 5.32 Å². The van der Waals surface area contributed by atoms with Crippen molar-refractivity contribution in [2.45, 2.75) is 44.0 Å². The van der Waals surface area contributed by atoms with Crippen molar-refractivity contribution in [3.05, 3.63) is 59.2 Å². The van der Waals surface area contributed by atoms with Crippen molar-refractivity contribution in [1.82, 2.24) is 4.72 Å². The summed E-state index contributed by atoms with van der Waals surface area (Å²) in [6, 6.07) is 12.3. The number of amides is 1. The van der Waals surface area contributed by atoms with Crippen LogP contribution in [0.1, 0.15) is 42.5 Å². The normalized spacial score (nSPS) is 15.8. The van der Waals surface area contributed by atoms with E-state index in [-0.39, 0.29) is 16.8 Å². The van der Waals surface area contributed by atoms with Crippen LogP contribution in [-0.2, 0) is 21.2 Å². The van der Waals surface area contributed by atoms with E-state index < -0.39 is 10.0 Å². The Balaban J connectivity index is 1.86. The van der Waals surface area contributed by atoms with Gasteiger partial charge in [-0.3, -0.25) is 4.79 Å². The van der Waals surface area contributed by atoms with Crippen molar-refractivity contribution in [3.8, 4) is 0 Å². The van der Waals surface area contributed by atoms with E-state index in [9.17, 15) is 13.2 Å². The molecule has 2 aromatic carbocycles. The maximum absolute atomic E-state index is 12.8. The van der Waals surface area contributed by atoms with Gasteiger partial charge < -0.3 is 5.32 Å². The lowest BCUT2D eigenvalue weighted by Crippen LogP contribution is -2.27. The molecule has 5 nitrogen and oxygen atoms in total. The average Bonchev–Trinajstić information content (AvgIpc) is 2.74. The molecule has 6 heteroatoms. The predicted molar refractivity (Wildman–Crippen MR) is 97.9 cm³/mol. The summed E-state index contributed by atoms with van der Waals surface area (Å²) in [6.45, 7) is 3.80. The number of hydrogen-bond acceptors (Lipinski definition) is 3. The molecule has 0 aromatic heterocycles. The van der Waals surface area contributed by atoms with Crippen LogP contribution >= 0.6 is 0 Å². The number of fused-ring (bicyclic) bond motifs is 1. The molecule has 1 aliphatic rings. The summed E-state index contributed by atoms with van der Waals surface area (Å²) in [6.07, 6.45) is 1.86. The van der Waals surface area contributed by atoms with E-state index in [1.165, 1.54) is 6.07 Å². The molecule has 0 spiro atoms. The Kier molecular flexibility index (Phi) is 4.92. The third-order valence-corrected chi connectivity index (χ3v) is 6.04. The molecule has 0 radical (unpaired) electrons. The van der Waals surface area contributed by atoms with Crippen molar-refractivity contribution >= 4 is 21.6 Å². The summed E-state index contributed by atoms with van der Waals surface area (Å²) in [5, 5.41) is 2.82. The summed E-state index contributed by atoms with van der Waals surface area (Å²) < 4.78 is 28.3. The quantitative estimate of drug-likeness (QED) is 0.880. The molecule has 25 heavy (non-hydrogen) atoms. The average molecular weight is 358 g/mol. The number of sulfonamides is 1. The second kappa shape index (κ2) is 6.98. The fraction of sp³-hybridized carbons (Fsp3) is 0.316. The van der Waals surface area contributed by atoms with Gasteiger partial charge in [-0.05, 0) is 61.6 Å². The first-order valence-electron chi connectivity index (χ1n) is 8.37. The Hall–Kier alpha value is -2.18. The lowest BCUT2D eigenvalue weighted by molar-refractivity contribution is -0.116. The summed E-state index contributed by atoms with van der Waals surface area (Å²) in [7, 11) is -3.65. The highest BCUT2D eigenvalue weighted by molar-refractivity contribution is 7.89. The number of aryl methyl sites for hydroxylation is 2. The Labute approximate surface area is 148 Å². The fourth-order valence-corrected chi connectivity index (χ4v) is 4.43. The minimum absolute atomic E-state index is 0.0272. The third-order valence-electron chi connectivity index (χ3n) is 4.50. The molecule has 1 atom stereocenters. The SMILES string of the molecule is Cc1ccccc1[C@H](C)NS(=O)(=O)c1ccc2c(c1)CCCC(=O)N2. The molecule has 0 bridgehead atoms. The molecule has 0 saturated heterocycles. The smallest absolute Gasteiger partial charge is 0.241 e. The highest BCUT2D eigenvalue weighted by Gasteiger charge is 2.21. The maximum Gasteiger partial charge on any atom is 0.241 e. The van der Waals surface area contributed by atoms with E-state index >= 15 is 0 Å². The lowest BCUT2D eigenvalue weighted by Gasteiger charge is -2.17. The van der Waals surface area contributed by atoms with Gasteiger partial charge in [-0.15, -0.1) is 0 Å². The third kappa shape index (κ3) is 3.91. The van der Waals surface area contributed by atoms with E-state index in [0.29, 0.717) is 18.5 Å². The lowest BCUT2D eigenvalue weighted by atomic mass is 10.0. The predicted octanol–water partition coefficient (Wildman–Crippen LogP) is 3.31. The Morgan fingerprint density at radius 1 is 1.12 bits per heavy atom. The van der Waals surface area contributed by atoms with Crippen LogP contribution in [0.15, 0.2) is 47.4 Å². The van der Waals surface area contributed by atoms with Gasteiger partial charge in [0.05, 0.1) is 4.90 Å². The summed E-state index contributed by atoms with van der Waals surface area (Å²) in [5.41, 5.74) is 3.56. The molecule has 0 unspecified atom stereocenters. The van der Waals surface area contributed by atoms with Gasteiger partial charge in [0.15, 0.2) is 0 Å². The van der Waals surface area contributed by atoms with E-state index in [0.717, 1.165) is 23.1 Å². The highest BCUT2D eigenvalue weighted by atomic mass is 32.2. The monoisotopic (exact) mass is 358 g/mol. The van der Waals surface area contributed by atoms with Crippen LogP contribution in [0.5, 0.6) is 0 Å². The van der Waals surface area contributed by atoms with Gasteiger partial charge in [-0.25, -0.2) is 13.1 Å². The van der Waals surface area contributed by atoms with Crippen LogP contribution in [0.25, 0.3) is 0 Å². The Morgan fingerprint density at radius 2 is 1.88 bits per heavy atom.